The molecular formula is C36H31Cl2N3O4S. The van der Waals surface area contributed by atoms with E-state index >= 15 is 0 Å². The van der Waals surface area contributed by atoms with Crippen molar-refractivity contribution < 1.29 is 19.1 Å². The SMILES string of the molecule is COC(=O)/C(C)=C1/N(c2ccc(Cl)cc2)C(=Nc2ccc(Cl)cc2)[C@](C)(C(=O)OC)[C@@]12Sc1ccccc1N2Cc1ccccc1. The van der Waals surface area contributed by atoms with Crippen LogP contribution in [0.4, 0.5) is 17.1 Å². The second kappa shape index (κ2) is 12.5. The van der Waals surface area contributed by atoms with Crippen LogP contribution in [0.5, 0.6) is 0 Å². The molecule has 6 rings (SSSR count). The number of nitrogens with zero attached hydrogens (tertiary/aromatic N) is 3. The summed E-state index contributed by atoms with van der Waals surface area (Å²) >= 11 is 14.1. The van der Waals surface area contributed by atoms with Crippen molar-refractivity contribution in [3.8, 4) is 0 Å². The van der Waals surface area contributed by atoms with Gasteiger partial charge in [-0.1, -0.05) is 77.4 Å². The van der Waals surface area contributed by atoms with Crippen molar-refractivity contribution in [1.82, 2.24) is 0 Å². The summed E-state index contributed by atoms with van der Waals surface area (Å²) in [6, 6.07) is 32.3. The number of fused-ring (bicyclic) bond motifs is 1. The molecule has 4 aromatic rings. The number of aliphatic imine (C=N–C) groups is 1. The number of carbonyl (C=O) groups is 2. The fourth-order valence-corrected chi connectivity index (χ4v) is 8.27. The first-order valence-electron chi connectivity index (χ1n) is 14.5. The van der Waals surface area contributed by atoms with Crippen LogP contribution in [-0.2, 0) is 25.6 Å². The van der Waals surface area contributed by atoms with Crippen LogP contribution in [-0.4, -0.2) is 36.9 Å². The van der Waals surface area contributed by atoms with Gasteiger partial charge in [0, 0.05) is 27.2 Å². The number of halogens is 2. The summed E-state index contributed by atoms with van der Waals surface area (Å²) in [5.41, 5.74) is 2.48. The van der Waals surface area contributed by atoms with Gasteiger partial charge in [-0.05, 0) is 80.1 Å². The number of esters is 2. The summed E-state index contributed by atoms with van der Waals surface area (Å²) < 4.78 is 11.0. The molecule has 1 spiro atoms. The van der Waals surface area contributed by atoms with Gasteiger partial charge in [-0.25, -0.2) is 9.79 Å². The Bertz CT molecular complexity index is 1860. The molecule has 2 heterocycles. The number of hydrogen-bond donors (Lipinski definition) is 0. The molecule has 1 saturated heterocycles. The maximum absolute atomic E-state index is 14.6. The van der Waals surface area contributed by atoms with Gasteiger partial charge < -0.3 is 14.4 Å². The highest BCUT2D eigenvalue weighted by molar-refractivity contribution is 8.01. The van der Waals surface area contributed by atoms with E-state index in [0.29, 0.717) is 45.1 Å². The molecular weight excluding hydrogens is 641 g/mol. The number of amidine groups is 1. The first-order chi connectivity index (χ1) is 22.1. The zero-order valence-corrected chi connectivity index (χ0v) is 28.0. The highest BCUT2D eigenvalue weighted by atomic mass is 35.5. The van der Waals surface area contributed by atoms with Crippen LogP contribution in [0, 0.1) is 5.41 Å². The normalized spacial score (nSPS) is 22.3. The van der Waals surface area contributed by atoms with E-state index in [4.69, 9.17) is 37.7 Å². The third-order valence-electron chi connectivity index (χ3n) is 8.45. The van der Waals surface area contributed by atoms with Crippen LogP contribution in [0.3, 0.4) is 0 Å². The number of ether oxygens (including phenoxy) is 2. The second-order valence-corrected chi connectivity index (χ2v) is 13.2. The number of anilines is 2. The van der Waals surface area contributed by atoms with Crippen LogP contribution in [0.2, 0.25) is 10.0 Å². The molecule has 0 aliphatic carbocycles. The molecule has 7 nitrogen and oxygen atoms in total. The van der Waals surface area contributed by atoms with Crippen LogP contribution >= 0.6 is 35.0 Å². The van der Waals surface area contributed by atoms with E-state index < -0.39 is 22.2 Å². The van der Waals surface area contributed by atoms with E-state index in [0.717, 1.165) is 16.1 Å². The van der Waals surface area contributed by atoms with Crippen molar-refractivity contribution in [2.75, 3.05) is 24.0 Å². The molecule has 2 atom stereocenters. The topological polar surface area (TPSA) is 71.4 Å². The average Bonchev–Trinajstić information content (AvgIpc) is 3.51. The number of thioether (sulfide) groups is 1. The van der Waals surface area contributed by atoms with Crippen molar-refractivity contribution in [2.24, 2.45) is 10.4 Å². The summed E-state index contributed by atoms with van der Waals surface area (Å²) in [7, 11) is 2.72. The lowest BCUT2D eigenvalue weighted by molar-refractivity contribution is -0.148. The summed E-state index contributed by atoms with van der Waals surface area (Å²) in [6.07, 6.45) is 0. The number of carbonyl (C=O) groups excluding carboxylic acids is 2. The summed E-state index contributed by atoms with van der Waals surface area (Å²) in [6.45, 7) is 3.97. The Labute approximate surface area is 282 Å². The standard InChI is InChI=1S/C36H31Cl2N3O4S/c1-23(32(42)44-3)31-36(40(22-24-10-6-5-7-11-24)29-12-8-9-13-30(29)46-36)35(2,34(43)45-4)33(39-27-18-14-25(37)15-19-27)41(31)28-20-16-26(38)17-21-28/h5-21H,22H2,1-4H3/b31-23+,39-33?/t35-,36+/m1/s1. The summed E-state index contributed by atoms with van der Waals surface area (Å²) in [5, 5.41) is 1.09. The van der Waals surface area contributed by atoms with E-state index in [1.54, 1.807) is 43.3 Å². The Hall–Kier alpha value is -4.24. The molecule has 0 saturated carbocycles. The van der Waals surface area contributed by atoms with Crippen LogP contribution in [0.15, 0.2) is 124 Å². The fourth-order valence-electron chi connectivity index (χ4n) is 6.28. The van der Waals surface area contributed by atoms with Gasteiger partial charge >= 0.3 is 11.9 Å². The molecule has 0 bridgehead atoms. The number of hydrogen-bond acceptors (Lipinski definition) is 7. The molecule has 0 unspecified atom stereocenters. The van der Waals surface area contributed by atoms with Gasteiger partial charge in [0.2, 0.25) is 0 Å². The maximum Gasteiger partial charge on any atom is 0.335 e. The Kier molecular flexibility index (Phi) is 8.63. The van der Waals surface area contributed by atoms with Gasteiger partial charge in [-0.2, -0.15) is 0 Å². The molecule has 1 fully saturated rings. The largest absolute Gasteiger partial charge is 0.468 e. The van der Waals surface area contributed by atoms with Crippen LogP contribution in [0.1, 0.15) is 19.4 Å². The van der Waals surface area contributed by atoms with Gasteiger partial charge in [-0.3, -0.25) is 9.69 Å². The molecule has 234 valence electrons. The quantitative estimate of drug-likeness (QED) is 0.150. The van der Waals surface area contributed by atoms with Crippen molar-refractivity contribution in [3.05, 3.63) is 130 Å². The number of rotatable bonds is 6. The van der Waals surface area contributed by atoms with Crippen LogP contribution < -0.4 is 9.80 Å². The van der Waals surface area contributed by atoms with Crippen LogP contribution in [0.25, 0.3) is 0 Å². The van der Waals surface area contributed by atoms with E-state index in [9.17, 15) is 9.59 Å². The monoisotopic (exact) mass is 671 g/mol. The zero-order chi connectivity index (χ0) is 32.6. The van der Waals surface area contributed by atoms with Crippen molar-refractivity contribution in [3.63, 3.8) is 0 Å². The lowest BCUT2D eigenvalue weighted by Gasteiger charge is -2.45. The molecule has 2 aliphatic rings. The smallest absolute Gasteiger partial charge is 0.335 e. The highest BCUT2D eigenvalue weighted by Crippen LogP contribution is 2.67. The fraction of sp³-hybridized carbons (Fsp3) is 0.194. The van der Waals surface area contributed by atoms with Crippen molar-refractivity contribution in [1.29, 1.82) is 0 Å². The minimum absolute atomic E-state index is 0.312. The molecule has 4 aromatic carbocycles. The van der Waals surface area contributed by atoms with E-state index in [1.165, 1.54) is 26.0 Å². The third kappa shape index (κ3) is 5.05. The predicted molar refractivity (Wildman–Crippen MR) is 185 cm³/mol. The molecule has 0 aromatic heterocycles. The first-order valence-corrected chi connectivity index (χ1v) is 16.1. The molecule has 46 heavy (non-hydrogen) atoms. The maximum atomic E-state index is 14.6. The van der Waals surface area contributed by atoms with Gasteiger partial charge in [0.15, 0.2) is 10.3 Å². The second-order valence-electron chi connectivity index (χ2n) is 11.1. The molecule has 0 radical (unpaired) electrons. The number of benzene rings is 4. The predicted octanol–water partition coefficient (Wildman–Crippen LogP) is 8.68. The third-order valence-corrected chi connectivity index (χ3v) is 10.6. The van der Waals surface area contributed by atoms with Gasteiger partial charge in [-0.15, -0.1) is 0 Å². The van der Waals surface area contributed by atoms with Gasteiger partial charge in [0.25, 0.3) is 0 Å². The Morgan fingerprint density at radius 3 is 2.07 bits per heavy atom. The lowest BCUT2D eigenvalue weighted by Crippen LogP contribution is -2.58. The number of para-hydroxylation sites is 1. The summed E-state index contributed by atoms with van der Waals surface area (Å²) in [4.78, 5) is 37.1. The Balaban J connectivity index is 1.77. The number of methoxy groups -OCH3 is 2. The lowest BCUT2D eigenvalue weighted by atomic mass is 9.79. The van der Waals surface area contributed by atoms with Crippen molar-refractivity contribution >= 4 is 69.8 Å². The van der Waals surface area contributed by atoms with Gasteiger partial charge in [0.05, 0.1) is 36.9 Å². The molecule has 0 amide bonds. The van der Waals surface area contributed by atoms with E-state index in [-0.39, 0.29) is 0 Å². The minimum atomic E-state index is -1.50. The first kappa shape index (κ1) is 31.7. The summed E-state index contributed by atoms with van der Waals surface area (Å²) in [5.74, 6) is -0.699. The van der Waals surface area contributed by atoms with E-state index in [2.05, 4.69) is 4.90 Å². The minimum Gasteiger partial charge on any atom is -0.468 e. The highest BCUT2D eigenvalue weighted by Gasteiger charge is 2.73. The molecule has 2 aliphatic heterocycles. The zero-order valence-electron chi connectivity index (χ0n) is 25.7. The van der Waals surface area contributed by atoms with Gasteiger partial charge in [0.1, 0.15) is 5.84 Å². The Morgan fingerprint density at radius 1 is 0.826 bits per heavy atom. The average molecular weight is 673 g/mol. The molecule has 0 N–H and O–H groups in total. The Morgan fingerprint density at radius 2 is 1.43 bits per heavy atom. The van der Waals surface area contributed by atoms with Crippen molar-refractivity contribution in [2.45, 2.75) is 30.2 Å². The van der Waals surface area contributed by atoms with E-state index in [1.807, 2.05) is 78.6 Å². The molecule has 10 heteroatoms.